The minimum atomic E-state index is -0.171. The first-order valence-corrected chi connectivity index (χ1v) is 2.52. The summed E-state index contributed by atoms with van der Waals surface area (Å²) in [6.07, 6.45) is 1.59. The highest BCUT2D eigenvalue weighted by Crippen LogP contribution is 1.82. The highest BCUT2D eigenvalue weighted by Gasteiger charge is 2.03. The van der Waals surface area contributed by atoms with Gasteiger partial charge in [0.2, 0.25) is 0 Å². The molecule has 0 aliphatic heterocycles. The van der Waals surface area contributed by atoms with E-state index in [0.717, 1.165) is 0 Å². The van der Waals surface area contributed by atoms with Crippen molar-refractivity contribution in [2.24, 2.45) is 0 Å². The average Bonchev–Trinajstić information content (AvgIpc) is 1.69. The first-order valence-electron chi connectivity index (χ1n) is 2.52. The predicted octanol–water partition coefficient (Wildman–Crippen LogP) is 0.349. The van der Waals surface area contributed by atoms with Crippen molar-refractivity contribution < 1.29 is 4.79 Å². The van der Waals surface area contributed by atoms with E-state index in [-0.39, 0.29) is 11.8 Å². The van der Waals surface area contributed by atoms with E-state index in [1.807, 2.05) is 0 Å². The van der Waals surface area contributed by atoms with E-state index in [0.29, 0.717) is 0 Å². The van der Waals surface area contributed by atoms with Gasteiger partial charge < -0.3 is 5.32 Å². The fourth-order valence-corrected chi connectivity index (χ4v) is 0.487. The zero-order chi connectivity index (χ0) is 6.57. The van der Waals surface area contributed by atoms with Gasteiger partial charge in [-0.2, -0.15) is 0 Å². The molecule has 0 aliphatic carbocycles. The third kappa shape index (κ3) is 1.89. The van der Waals surface area contributed by atoms with Crippen LogP contribution in [0.1, 0.15) is 6.92 Å². The lowest BCUT2D eigenvalue weighted by atomic mass is 10.2. The van der Waals surface area contributed by atoms with E-state index in [9.17, 15) is 4.79 Å². The molecule has 1 N–H and O–H groups in total. The van der Waals surface area contributed by atoms with Gasteiger partial charge in [0.15, 0.2) is 5.78 Å². The molecule has 0 heterocycles. The van der Waals surface area contributed by atoms with Gasteiger partial charge in [-0.3, -0.25) is 4.79 Å². The first-order chi connectivity index (χ1) is 3.72. The molecule has 1 unspecified atom stereocenters. The molecule has 0 rings (SSSR count). The topological polar surface area (TPSA) is 29.1 Å². The Labute approximate surface area is 49.6 Å². The second-order valence-corrected chi connectivity index (χ2v) is 1.61. The molecule has 0 aliphatic rings. The van der Waals surface area contributed by atoms with E-state index < -0.39 is 0 Å². The molecule has 0 amide bonds. The van der Waals surface area contributed by atoms with Gasteiger partial charge in [-0.05, 0) is 14.0 Å². The smallest absolute Gasteiger partial charge is 0.150 e. The molecule has 0 saturated carbocycles. The summed E-state index contributed by atoms with van der Waals surface area (Å²) in [5.74, 6) is 0.0995. The van der Waals surface area contributed by atoms with Crippen LogP contribution in [0.2, 0.25) is 0 Å². The minimum absolute atomic E-state index is 0.0995. The van der Waals surface area contributed by atoms with Gasteiger partial charge in [0.1, 0.15) is 0 Å². The molecule has 46 valence electrons. The monoisotopic (exact) mass is 113 g/mol. The average molecular weight is 113 g/mol. The Kier molecular flexibility index (Phi) is 3.12. The highest BCUT2D eigenvalue weighted by molar-refractivity contribution is 5.83. The number of hydrogen-bond acceptors (Lipinski definition) is 2. The molecule has 0 spiro atoms. The van der Waals surface area contributed by atoms with Crippen molar-refractivity contribution in [2.45, 2.75) is 13.0 Å². The van der Waals surface area contributed by atoms with Crippen LogP contribution < -0.4 is 5.32 Å². The van der Waals surface area contributed by atoms with Crippen molar-refractivity contribution in [2.75, 3.05) is 7.05 Å². The summed E-state index contributed by atoms with van der Waals surface area (Å²) in [4.78, 5) is 10.5. The summed E-state index contributed by atoms with van der Waals surface area (Å²) in [6, 6.07) is -0.171. The quantitative estimate of drug-likeness (QED) is 0.535. The Bertz CT molecular complexity index is 98.7. The number of rotatable bonds is 3. The number of hydrogen-bond donors (Lipinski definition) is 1. The summed E-state index contributed by atoms with van der Waals surface area (Å²) in [5, 5.41) is 2.78. The number of nitrogens with one attached hydrogen (secondary N) is 1. The lowest BCUT2D eigenvalue weighted by molar-refractivity contribution is -0.117. The van der Waals surface area contributed by atoms with Crippen LogP contribution in [0, 0.1) is 0 Å². The number of carbonyl (C=O) groups excluding carboxylic acids is 1. The van der Waals surface area contributed by atoms with Crippen LogP contribution in [0.4, 0.5) is 0 Å². The van der Waals surface area contributed by atoms with Gasteiger partial charge in [0, 0.05) is 0 Å². The lowest BCUT2D eigenvalue weighted by Gasteiger charge is -2.03. The zero-order valence-corrected chi connectivity index (χ0v) is 5.27. The Balaban J connectivity index is 3.69. The molecule has 2 nitrogen and oxygen atoms in total. The largest absolute Gasteiger partial charge is 0.307 e. The van der Waals surface area contributed by atoms with Crippen molar-refractivity contribution in [3.63, 3.8) is 0 Å². The van der Waals surface area contributed by atoms with Crippen molar-refractivity contribution in [3.05, 3.63) is 12.7 Å². The highest BCUT2D eigenvalue weighted by atomic mass is 16.1. The van der Waals surface area contributed by atoms with Crippen molar-refractivity contribution in [3.8, 4) is 0 Å². The second-order valence-electron chi connectivity index (χ2n) is 1.61. The lowest BCUT2D eigenvalue weighted by Crippen LogP contribution is -2.29. The Hall–Kier alpha value is -0.630. The van der Waals surface area contributed by atoms with Crippen LogP contribution >= 0.6 is 0 Å². The summed E-state index contributed by atoms with van der Waals surface area (Å²) in [7, 11) is 1.73. The van der Waals surface area contributed by atoms with Crippen LogP contribution in [0.25, 0.3) is 0 Å². The number of ketones is 1. The summed E-state index contributed by atoms with van der Waals surface area (Å²) >= 11 is 0. The van der Waals surface area contributed by atoms with Gasteiger partial charge in [-0.1, -0.05) is 6.08 Å². The fraction of sp³-hybridized carbons (Fsp3) is 0.500. The molecule has 0 saturated heterocycles. The van der Waals surface area contributed by atoms with Crippen molar-refractivity contribution >= 4 is 5.78 Å². The van der Waals surface area contributed by atoms with Crippen LogP contribution in [-0.2, 0) is 4.79 Å². The van der Waals surface area contributed by atoms with Gasteiger partial charge >= 0.3 is 0 Å². The Morgan fingerprint density at radius 2 is 2.38 bits per heavy atom. The van der Waals surface area contributed by atoms with Gasteiger partial charge in [-0.15, -0.1) is 6.58 Å². The Morgan fingerprint density at radius 1 is 1.88 bits per heavy atom. The SMILES string of the molecule is C=CC(NC)C(C)=O. The standard InChI is InChI=1S/C6H11NO/c1-4-6(7-3)5(2)8/h4,6-7H,1H2,2-3H3. The molecule has 0 bridgehead atoms. The maximum absolute atomic E-state index is 10.5. The first kappa shape index (κ1) is 7.37. The zero-order valence-electron chi connectivity index (χ0n) is 5.27. The van der Waals surface area contributed by atoms with Crippen LogP contribution in [0.3, 0.4) is 0 Å². The summed E-state index contributed by atoms with van der Waals surface area (Å²) in [6.45, 7) is 5.00. The predicted molar refractivity (Wildman–Crippen MR) is 33.7 cm³/mol. The molecular formula is C6H11NO. The van der Waals surface area contributed by atoms with E-state index in [4.69, 9.17) is 0 Å². The van der Waals surface area contributed by atoms with Crippen molar-refractivity contribution in [1.29, 1.82) is 0 Å². The molecule has 2 heteroatoms. The van der Waals surface area contributed by atoms with E-state index in [1.54, 1.807) is 13.1 Å². The van der Waals surface area contributed by atoms with Crippen LogP contribution in [0.5, 0.6) is 0 Å². The number of carbonyl (C=O) groups is 1. The number of likely N-dealkylation sites (N-methyl/N-ethyl adjacent to an activating group) is 1. The normalized spacial score (nSPS) is 12.8. The molecule has 0 radical (unpaired) electrons. The van der Waals surface area contributed by atoms with Gasteiger partial charge in [0.25, 0.3) is 0 Å². The van der Waals surface area contributed by atoms with Gasteiger partial charge in [0.05, 0.1) is 6.04 Å². The molecule has 0 aromatic carbocycles. The molecule has 1 atom stereocenters. The minimum Gasteiger partial charge on any atom is -0.307 e. The summed E-state index contributed by atoms with van der Waals surface area (Å²) in [5.41, 5.74) is 0. The third-order valence-electron chi connectivity index (χ3n) is 0.985. The van der Waals surface area contributed by atoms with E-state index >= 15 is 0 Å². The maximum Gasteiger partial charge on any atom is 0.150 e. The van der Waals surface area contributed by atoms with E-state index in [1.165, 1.54) is 6.92 Å². The Morgan fingerprint density at radius 3 is 2.38 bits per heavy atom. The third-order valence-corrected chi connectivity index (χ3v) is 0.985. The number of Topliss-reactive ketones (excluding diaryl/α,β-unsaturated/α-hetero) is 1. The van der Waals surface area contributed by atoms with E-state index in [2.05, 4.69) is 11.9 Å². The second kappa shape index (κ2) is 3.38. The molecule has 0 aromatic heterocycles. The summed E-state index contributed by atoms with van der Waals surface area (Å²) < 4.78 is 0. The van der Waals surface area contributed by atoms with Gasteiger partial charge in [-0.25, -0.2) is 0 Å². The molecular weight excluding hydrogens is 102 g/mol. The van der Waals surface area contributed by atoms with Crippen LogP contribution in [0.15, 0.2) is 12.7 Å². The molecule has 0 fully saturated rings. The maximum atomic E-state index is 10.5. The van der Waals surface area contributed by atoms with Crippen LogP contribution in [-0.4, -0.2) is 18.9 Å². The van der Waals surface area contributed by atoms with Crippen molar-refractivity contribution in [1.82, 2.24) is 5.32 Å². The fourth-order valence-electron chi connectivity index (χ4n) is 0.487. The molecule has 8 heavy (non-hydrogen) atoms. The molecule has 0 aromatic rings.